The van der Waals surface area contributed by atoms with Crippen LogP contribution in [0.1, 0.15) is 62.6 Å². The van der Waals surface area contributed by atoms with Gasteiger partial charge in [0.15, 0.2) is 11.5 Å². The third-order valence-corrected chi connectivity index (χ3v) is 10.2. The van der Waals surface area contributed by atoms with Crippen molar-refractivity contribution in [3.8, 4) is 34.5 Å². The smallest absolute Gasteiger partial charge is 0.169 e. The van der Waals surface area contributed by atoms with Gasteiger partial charge in [0.1, 0.15) is 28.8 Å². The molecule has 226 valence electrons. The Hall–Kier alpha value is -4.50. The summed E-state index contributed by atoms with van der Waals surface area (Å²) in [6.45, 7) is 3.46. The van der Waals surface area contributed by atoms with E-state index in [4.69, 9.17) is 19.2 Å². The van der Waals surface area contributed by atoms with E-state index in [1.54, 1.807) is 13.2 Å². The fourth-order valence-electron chi connectivity index (χ4n) is 8.58. The van der Waals surface area contributed by atoms with E-state index < -0.39 is 12.0 Å². The number of hydrogen-bond donors (Lipinski definition) is 4. The molecule has 0 radical (unpaired) electrons. The number of carbonyl (C=O) groups is 1. The van der Waals surface area contributed by atoms with Crippen LogP contribution >= 0.6 is 0 Å². The zero-order chi connectivity index (χ0) is 30.8. The van der Waals surface area contributed by atoms with Crippen LogP contribution in [0, 0.1) is 0 Å². The second-order valence-corrected chi connectivity index (χ2v) is 12.4. The molecule has 9 nitrogen and oxygen atoms in total. The Labute approximate surface area is 253 Å². The summed E-state index contributed by atoms with van der Waals surface area (Å²) in [6.07, 6.45) is 6.23. The van der Waals surface area contributed by atoms with Crippen LogP contribution in [0.3, 0.4) is 0 Å². The van der Waals surface area contributed by atoms with Crippen LogP contribution in [0.15, 0.2) is 28.8 Å². The second kappa shape index (κ2) is 9.25. The summed E-state index contributed by atoms with van der Waals surface area (Å²) in [5.41, 5.74) is 3.63. The highest BCUT2D eigenvalue weighted by molar-refractivity contribution is 6.36. The van der Waals surface area contributed by atoms with Gasteiger partial charge in [0.25, 0.3) is 0 Å². The molecule has 0 amide bonds. The van der Waals surface area contributed by atoms with Gasteiger partial charge in [0, 0.05) is 61.6 Å². The number of allylic oxidation sites excluding steroid dienone is 2. The average Bonchev–Trinajstić information content (AvgIpc) is 3.14. The Morgan fingerprint density at radius 3 is 2.20 bits per heavy atom. The monoisotopic (exact) mass is 594 g/mol. The number of rotatable bonds is 4. The fraction of sp³-hybridized carbons (Fsp3) is 0.371. The number of fused-ring (bicyclic) bond motifs is 5. The number of ether oxygens (including phenoxy) is 3. The highest BCUT2D eigenvalue weighted by Gasteiger charge is 2.43. The largest absolute Gasteiger partial charge is 0.507 e. The van der Waals surface area contributed by atoms with E-state index >= 15 is 0 Å². The Morgan fingerprint density at radius 1 is 0.864 bits per heavy atom. The highest BCUT2D eigenvalue weighted by Crippen LogP contribution is 2.57. The number of carbonyl (C=O) groups excluding carboxylic acids is 1. The molecule has 3 aliphatic carbocycles. The minimum atomic E-state index is -0.746. The van der Waals surface area contributed by atoms with Crippen LogP contribution in [0.2, 0.25) is 0 Å². The van der Waals surface area contributed by atoms with Crippen molar-refractivity contribution in [1.29, 1.82) is 0 Å². The number of aliphatic imine (C=N–C) groups is 1. The van der Waals surface area contributed by atoms with Crippen molar-refractivity contribution in [2.24, 2.45) is 4.99 Å². The zero-order valence-electron chi connectivity index (χ0n) is 25.3. The van der Waals surface area contributed by atoms with Crippen LogP contribution < -0.4 is 24.7 Å². The molecule has 1 fully saturated rings. The lowest BCUT2D eigenvalue weighted by molar-refractivity contribution is -0.117. The van der Waals surface area contributed by atoms with E-state index in [1.807, 2.05) is 13.0 Å². The average molecular weight is 595 g/mol. The SMILES string of the molecule is COc1c(O)c2c(O)cc(OC)c3c4c(OC)cc(O)c5c4c4c(c1C(C(C)=O)C(C)=CC=4C1=N[C@H]4CCCC[C@H]4NC15)c23. The van der Waals surface area contributed by atoms with E-state index in [0.29, 0.717) is 44.2 Å². The van der Waals surface area contributed by atoms with Gasteiger partial charge in [-0.25, -0.2) is 0 Å². The molecule has 4 N–H and O–H groups in total. The van der Waals surface area contributed by atoms with Gasteiger partial charge in [-0.3, -0.25) is 15.1 Å². The number of aromatic hydroxyl groups is 3. The topological polar surface area (TPSA) is 130 Å². The predicted octanol–water partition coefficient (Wildman–Crippen LogP) is 5.20. The third kappa shape index (κ3) is 3.22. The lowest BCUT2D eigenvalue weighted by Crippen LogP contribution is -2.51. The summed E-state index contributed by atoms with van der Waals surface area (Å²) >= 11 is 0. The molecule has 1 heterocycles. The van der Waals surface area contributed by atoms with Gasteiger partial charge in [0.2, 0.25) is 0 Å². The highest BCUT2D eigenvalue weighted by atomic mass is 16.5. The summed E-state index contributed by atoms with van der Waals surface area (Å²) in [4.78, 5) is 18.9. The van der Waals surface area contributed by atoms with E-state index in [9.17, 15) is 20.1 Å². The predicted molar refractivity (Wildman–Crippen MR) is 169 cm³/mol. The molecule has 9 heteroatoms. The molecule has 1 aliphatic heterocycles. The number of methoxy groups -OCH3 is 3. The number of benzene rings is 4. The van der Waals surface area contributed by atoms with Crippen molar-refractivity contribution in [2.75, 3.05) is 21.3 Å². The van der Waals surface area contributed by atoms with E-state index in [1.165, 1.54) is 27.2 Å². The van der Waals surface area contributed by atoms with Gasteiger partial charge in [-0.1, -0.05) is 24.5 Å². The molecular weight excluding hydrogens is 560 g/mol. The van der Waals surface area contributed by atoms with Gasteiger partial charge in [-0.2, -0.15) is 0 Å². The van der Waals surface area contributed by atoms with Gasteiger partial charge in [-0.05, 0) is 32.1 Å². The standard InChI is InChI=1S/C35H34N2O7/c1-13-10-15-23-28-24(33-32(15)36-16-8-6-7-9-17(16)37-33)18(39)11-20(42-3)26(28)27-21(43-4)12-19(40)25-30(27)29(23)31(22(13)14(2)38)35(44-5)34(25)41/h10-12,16-17,22,33,37,39-41H,6-9H2,1-5H3/t16-,17+,22?,33?/m0/s1. The minimum absolute atomic E-state index is 0.0735. The van der Waals surface area contributed by atoms with Crippen molar-refractivity contribution >= 4 is 49.4 Å². The number of Topliss-reactive ketones (excluding diaryl/α,β-unsaturated/α-hetero) is 1. The summed E-state index contributed by atoms with van der Waals surface area (Å²) in [7, 11) is 4.53. The van der Waals surface area contributed by atoms with E-state index in [0.717, 1.165) is 53.1 Å². The first-order valence-corrected chi connectivity index (χ1v) is 15.1. The van der Waals surface area contributed by atoms with Crippen LogP contribution in [-0.4, -0.2) is 60.2 Å². The fourth-order valence-corrected chi connectivity index (χ4v) is 8.58. The molecule has 0 spiro atoms. The Balaban J connectivity index is 1.76. The first-order valence-electron chi connectivity index (χ1n) is 15.1. The van der Waals surface area contributed by atoms with Crippen molar-refractivity contribution in [3.05, 3.63) is 40.1 Å². The Kier molecular flexibility index (Phi) is 5.69. The maximum Gasteiger partial charge on any atom is 0.169 e. The molecule has 4 aromatic carbocycles. The minimum Gasteiger partial charge on any atom is -0.507 e. The van der Waals surface area contributed by atoms with Gasteiger partial charge in [0.05, 0.1) is 50.4 Å². The summed E-state index contributed by atoms with van der Waals surface area (Å²) in [5.74, 6) is -0.336. The molecule has 4 aromatic rings. The third-order valence-electron chi connectivity index (χ3n) is 10.2. The lowest BCUT2D eigenvalue weighted by atomic mass is 9.76. The summed E-state index contributed by atoms with van der Waals surface area (Å²) < 4.78 is 17.7. The zero-order valence-corrected chi connectivity index (χ0v) is 25.3. The van der Waals surface area contributed by atoms with Crippen molar-refractivity contribution in [2.45, 2.75) is 63.6 Å². The van der Waals surface area contributed by atoms with Crippen LogP contribution in [0.25, 0.3) is 37.9 Å². The second-order valence-electron chi connectivity index (χ2n) is 12.4. The molecule has 4 aliphatic rings. The number of nitrogens with zero attached hydrogens (tertiary/aromatic N) is 1. The number of phenols is 3. The number of phenolic OH excluding ortho intramolecular Hbond substituents is 3. The maximum atomic E-state index is 13.5. The van der Waals surface area contributed by atoms with E-state index in [2.05, 4.69) is 5.32 Å². The van der Waals surface area contributed by atoms with Crippen molar-refractivity contribution < 1.29 is 34.3 Å². The van der Waals surface area contributed by atoms with Gasteiger partial charge < -0.3 is 29.5 Å². The van der Waals surface area contributed by atoms with Crippen LogP contribution in [0.5, 0.6) is 34.5 Å². The normalized spacial score (nSPS) is 23.7. The molecule has 0 saturated heterocycles. The van der Waals surface area contributed by atoms with E-state index in [-0.39, 0.29) is 46.3 Å². The van der Waals surface area contributed by atoms with Crippen LogP contribution in [0.4, 0.5) is 0 Å². The molecule has 8 rings (SSSR count). The molecule has 2 unspecified atom stereocenters. The molecule has 1 saturated carbocycles. The summed E-state index contributed by atoms with van der Waals surface area (Å²) in [6, 6.07) is 2.97. The van der Waals surface area contributed by atoms with Gasteiger partial charge in [-0.15, -0.1) is 0 Å². The molecule has 0 bridgehead atoms. The molecule has 44 heavy (non-hydrogen) atoms. The van der Waals surface area contributed by atoms with Crippen LogP contribution in [-0.2, 0) is 4.79 Å². The molecular formula is C35H34N2O7. The summed E-state index contributed by atoms with van der Waals surface area (Å²) in [5, 5.41) is 42.9. The first kappa shape index (κ1) is 27.1. The quantitative estimate of drug-likeness (QED) is 0.187. The number of ketones is 1. The van der Waals surface area contributed by atoms with Crippen molar-refractivity contribution in [1.82, 2.24) is 5.32 Å². The van der Waals surface area contributed by atoms with Crippen molar-refractivity contribution in [3.63, 3.8) is 0 Å². The first-order chi connectivity index (χ1) is 21.2. The Morgan fingerprint density at radius 2 is 1.52 bits per heavy atom. The lowest BCUT2D eigenvalue weighted by Gasteiger charge is -2.41. The molecule has 0 aromatic heterocycles. The van der Waals surface area contributed by atoms with Gasteiger partial charge >= 0.3 is 0 Å². The number of hydrogen-bond acceptors (Lipinski definition) is 9. The Bertz CT molecular complexity index is 2110. The maximum absolute atomic E-state index is 13.5. The number of nitrogens with one attached hydrogen (secondary N) is 1. The molecule has 4 atom stereocenters.